The van der Waals surface area contributed by atoms with E-state index in [1.807, 2.05) is 32.7 Å². The maximum absolute atomic E-state index is 13.0. The van der Waals surface area contributed by atoms with Crippen LogP contribution in [0.3, 0.4) is 0 Å². The Kier molecular flexibility index (Phi) is 7.75. The molecule has 1 aromatic carbocycles. The summed E-state index contributed by atoms with van der Waals surface area (Å²) in [5, 5.41) is 2.74. The summed E-state index contributed by atoms with van der Waals surface area (Å²) in [6, 6.07) is 4.98. The first-order valence-electron chi connectivity index (χ1n) is 9.56. The molecule has 0 spiro atoms. The van der Waals surface area contributed by atoms with Gasteiger partial charge in [-0.3, -0.25) is 9.59 Å². The minimum atomic E-state index is -0.326. The number of nitrogens with one attached hydrogen (secondary N) is 1. The first-order valence-corrected chi connectivity index (χ1v) is 9.56. The monoisotopic (exact) mass is 386 g/mol. The summed E-state index contributed by atoms with van der Waals surface area (Å²) in [6.07, 6.45) is 3.32. The molecular formula is C21H30N4O3. The van der Waals surface area contributed by atoms with E-state index in [0.717, 1.165) is 13.1 Å². The third-order valence-electron chi connectivity index (χ3n) is 4.29. The molecule has 1 fully saturated rings. The van der Waals surface area contributed by atoms with E-state index in [2.05, 4.69) is 15.2 Å². The Hall–Kier alpha value is -2.67. The van der Waals surface area contributed by atoms with Crippen LogP contribution >= 0.6 is 0 Å². The molecule has 0 atom stereocenters. The van der Waals surface area contributed by atoms with Gasteiger partial charge in [0.25, 0.3) is 11.8 Å². The second-order valence-corrected chi connectivity index (χ2v) is 7.16. The fraction of sp³-hybridized carbons (Fsp3) is 0.476. The number of carbonyl (C=O) groups excluding carboxylic acids is 2. The number of benzene rings is 1. The van der Waals surface area contributed by atoms with Gasteiger partial charge in [-0.25, -0.2) is 4.99 Å². The second kappa shape index (κ2) is 10.0. The molecule has 7 nitrogen and oxygen atoms in total. The van der Waals surface area contributed by atoms with Crippen LogP contribution in [0.2, 0.25) is 0 Å². The van der Waals surface area contributed by atoms with E-state index in [0.29, 0.717) is 35.8 Å². The topological polar surface area (TPSA) is 74.2 Å². The van der Waals surface area contributed by atoms with Crippen LogP contribution in [0.15, 0.2) is 35.5 Å². The number of allylic oxidation sites excluding steroid dienone is 1. The first-order chi connectivity index (χ1) is 13.3. The lowest BCUT2D eigenvalue weighted by atomic mass is 10.1. The van der Waals surface area contributed by atoms with E-state index in [1.54, 1.807) is 37.4 Å². The Balaban J connectivity index is 2.28. The lowest BCUT2D eigenvalue weighted by Gasteiger charge is -2.32. The van der Waals surface area contributed by atoms with Gasteiger partial charge in [-0.2, -0.15) is 0 Å². The lowest BCUT2D eigenvalue weighted by molar-refractivity contribution is 0.0663. The number of likely N-dealkylation sites (N-methyl/N-ethyl adjacent to an activating group) is 1. The number of rotatable bonds is 5. The van der Waals surface area contributed by atoms with Crippen molar-refractivity contribution < 1.29 is 14.3 Å². The highest BCUT2D eigenvalue weighted by Crippen LogP contribution is 2.21. The molecule has 0 saturated carbocycles. The van der Waals surface area contributed by atoms with E-state index in [1.165, 1.54) is 0 Å². The van der Waals surface area contributed by atoms with Crippen molar-refractivity contribution in [2.45, 2.75) is 33.8 Å². The number of nitrogens with zero attached hydrogens (tertiary/aromatic N) is 3. The Labute approximate surface area is 167 Å². The van der Waals surface area contributed by atoms with E-state index < -0.39 is 0 Å². The molecule has 28 heavy (non-hydrogen) atoms. The summed E-state index contributed by atoms with van der Waals surface area (Å²) in [7, 11) is 2.04. The van der Waals surface area contributed by atoms with Crippen molar-refractivity contribution in [2.75, 3.05) is 33.2 Å². The average molecular weight is 386 g/mol. The van der Waals surface area contributed by atoms with E-state index >= 15 is 0 Å². The third kappa shape index (κ3) is 6.20. The molecule has 1 N–H and O–H groups in total. The van der Waals surface area contributed by atoms with Crippen LogP contribution in [-0.2, 0) is 0 Å². The van der Waals surface area contributed by atoms with Gasteiger partial charge in [0.05, 0.1) is 6.10 Å². The number of ether oxygens (including phenoxy) is 1. The van der Waals surface area contributed by atoms with Gasteiger partial charge >= 0.3 is 0 Å². The van der Waals surface area contributed by atoms with Crippen molar-refractivity contribution in [1.29, 1.82) is 0 Å². The van der Waals surface area contributed by atoms with E-state index in [4.69, 9.17) is 4.74 Å². The number of aliphatic imine (C=N–C) groups is 1. The predicted octanol–water partition coefficient (Wildman–Crippen LogP) is 2.54. The highest BCUT2D eigenvalue weighted by Gasteiger charge is 2.22. The molecule has 1 saturated heterocycles. The van der Waals surface area contributed by atoms with Gasteiger partial charge in [0.15, 0.2) is 0 Å². The van der Waals surface area contributed by atoms with Crippen molar-refractivity contribution in [3.05, 3.63) is 41.6 Å². The Bertz CT molecular complexity index is 763. The normalized spacial score (nSPS) is 15.9. The maximum Gasteiger partial charge on any atom is 0.256 e. The van der Waals surface area contributed by atoms with Crippen LogP contribution in [0.1, 0.15) is 48.4 Å². The molecule has 0 bridgehead atoms. The highest BCUT2D eigenvalue weighted by atomic mass is 16.5. The number of hydrogen-bond acceptors (Lipinski definition) is 5. The Morgan fingerprint density at radius 3 is 2.39 bits per heavy atom. The second-order valence-electron chi connectivity index (χ2n) is 7.16. The summed E-state index contributed by atoms with van der Waals surface area (Å²) < 4.78 is 5.77. The minimum Gasteiger partial charge on any atom is -0.491 e. The molecule has 0 radical (unpaired) electrons. The lowest BCUT2D eigenvalue weighted by Crippen LogP contribution is -2.47. The molecule has 152 valence electrons. The fourth-order valence-corrected chi connectivity index (χ4v) is 2.84. The summed E-state index contributed by atoms with van der Waals surface area (Å²) in [5.74, 6) is 0.566. The standard InChI is InChI=1S/C21H30N4O3/c1-6-7-22-16(4)23-20(26)17-12-18(14-19(13-17)28-15(2)3)21(27)25-10-8-24(5)9-11-25/h6-7,12-15H,8-11H2,1-5H3,(H,22,23,26)/b7-6-. The quantitative estimate of drug-likeness (QED) is 0.623. The van der Waals surface area contributed by atoms with Gasteiger partial charge in [-0.15, -0.1) is 0 Å². The number of piperazine rings is 1. The molecule has 1 aliphatic rings. The van der Waals surface area contributed by atoms with Crippen LogP contribution in [0.4, 0.5) is 0 Å². The smallest absolute Gasteiger partial charge is 0.256 e. The van der Waals surface area contributed by atoms with Gasteiger partial charge in [0, 0.05) is 43.5 Å². The van der Waals surface area contributed by atoms with E-state index in [9.17, 15) is 9.59 Å². The van der Waals surface area contributed by atoms with Crippen LogP contribution in [-0.4, -0.2) is 66.8 Å². The molecule has 1 aliphatic heterocycles. The van der Waals surface area contributed by atoms with Crippen LogP contribution < -0.4 is 10.1 Å². The molecule has 2 amide bonds. The molecule has 0 aromatic heterocycles. The zero-order valence-electron chi connectivity index (χ0n) is 17.4. The number of hydrogen-bond donors (Lipinski definition) is 1. The van der Waals surface area contributed by atoms with Crippen molar-refractivity contribution in [1.82, 2.24) is 15.1 Å². The van der Waals surface area contributed by atoms with Gasteiger partial charge in [0.2, 0.25) is 0 Å². The number of amidine groups is 1. The van der Waals surface area contributed by atoms with Crippen molar-refractivity contribution in [3.8, 4) is 5.75 Å². The fourth-order valence-electron chi connectivity index (χ4n) is 2.84. The average Bonchev–Trinajstić information content (AvgIpc) is 2.65. The summed E-state index contributed by atoms with van der Waals surface area (Å²) in [4.78, 5) is 33.7. The summed E-state index contributed by atoms with van der Waals surface area (Å²) in [6.45, 7) is 10.4. The molecule has 0 aliphatic carbocycles. The van der Waals surface area contributed by atoms with Gasteiger partial charge < -0.3 is 19.9 Å². The SMILES string of the molecule is C/C=C\N=C(/C)NC(=O)c1cc(OC(C)C)cc(C(=O)N2CCN(C)CC2)c1. The minimum absolute atomic E-state index is 0.0668. The van der Waals surface area contributed by atoms with Crippen LogP contribution in [0.5, 0.6) is 5.75 Å². The van der Waals surface area contributed by atoms with Gasteiger partial charge in [0.1, 0.15) is 11.6 Å². The number of carbonyl (C=O) groups is 2. The van der Waals surface area contributed by atoms with Crippen LogP contribution in [0, 0.1) is 0 Å². The summed E-state index contributed by atoms with van der Waals surface area (Å²) in [5.41, 5.74) is 0.821. The third-order valence-corrected chi connectivity index (χ3v) is 4.29. The van der Waals surface area contributed by atoms with Crippen molar-refractivity contribution >= 4 is 17.6 Å². The molecule has 1 aromatic rings. The molecule has 2 rings (SSSR count). The molecule has 1 heterocycles. The zero-order chi connectivity index (χ0) is 20.7. The zero-order valence-corrected chi connectivity index (χ0v) is 17.4. The molecule has 7 heteroatoms. The molecular weight excluding hydrogens is 356 g/mol. The van der Waals surface area contributed by atoms with Gasteiger partial charge in [-0.05, 0) is 52.9 Å². The van der Waals surface area contributed by atoms with Crippen LogP contribution in [0.25, 0.3) is 0 Å². The van der Waals surface area contributed by atoms with Gasteiger partial charge in [-0.1, -0.05) is 6.08 Å². The first kappa shape index (κ1) is 21.6. The largest absolute Gasteiger partial charge is 0.491 e. The maximum atomic E-state index is 13.0. The number of amides is 2. The molecule has 0 unspecified atom stereocenters. The van der Waals surface area contributed by atoms with Crippen molar-refractivity contribution in [2.24, 2.45) is 4.99 Å². The Morgan fingerprint density at radius 2 is 1.79 bits per heavy atom. The summed E-state index contributed by atoms with van der Waals surface area (Å²) >= 11 is 0. The van der Waals surface area contributed by atoms with E-state index in [-0.39, 0.29) is 17.9 Å². The Morgan fingerprint density at radius 1 is 1.14 bits per heavy atom. The van der Waals surface area contributed by atoms with Crippen molar-refractivity contribution in [3.63, 3.8) is 0 Å². The highest BCUT2D eigenvalue weighted by molar-refractivity contribution is 6.07. The predicted molar refractivity (Wildman–Crippen MR) is 111 cm³/mol.